The van der Waals surface area contributed by atoms with Gasteiger partial charge in [0.2, 0.25) is 10.0 Å². The fourth-order valence-corrected chi connectivity index (χ4v) is 3.45. The molecule has 1 saturated heterocycles. The van der Waals surface area contributed by atoms with Crippen LogP contribution in [0.15, 0.2) is 17.2 Å². The number of aromatic nitrogens is 1. The Labute approximate surface area is 95.1 Å². The van der Waals surface area contributed by atoms with E-state index in [0.29, 0.717) is 18.8 Å². The number of sulfonamides is 1. The van der Waals surface area contributed by atoms with Gasteiger partial charge >= 0.3 is 0 Å². The third kappa shape index (κ3) is 2.14. The van der Waals surface area contributed by atoms with Crippen molar-refractivity contribution in [2.24, 2.45) is 0 Å². The number of rotatable bonds is 3. The van der Waals surface area contributed by atoms with Crippen molar-refractivity contribution in [1.29, 1.82) is 0 Å². The van der Waals surface area contributed by atoms with Gasteiger partial charge in [-0.15, -0.1) is 0 Å². The molecule has 0 unspecified atom stereocenters. The van der Waals surface area contributed by atoms with E-state index in [1.807, 2.05) is 0 Å². The van der Waals surface area contributed by atoms with E-state index in [4.69, 9.17) is 5.11 Å². The summed E-state index contributed by atoms with van der Waals surface area (Å²) < 4.78 is 25.8. The average molecular weight is 244 g/mol. The van der Waals surface area contributed by atoms with E-state index in [1.165, 1.54) is 16.6 Å². The van der Waals surface area contributed by atoms with Crippen LogP contribution in [0.4, 0.5) is 0 Å². The van der Waals surface area contributed by atoms with Gasteiger partial charge in [0.05, 0.1) is 11.5 Å². The summed E-state index contributed by atoms with van der Waals surface area (Å²) in [6.45, 7) is 1.03. The van der Waals surface area contributed by atoms with E-state index in [9.17, 15) is 8.42 Å². The number of piperidine rings is 1. The molecule has 5 nitrogen and oxygen atoms in total. The molecule has 1 aromatic rings. The summed E-state index contributed by atoms with van der Waals surface area (Å²) in [5.41, 5.74) is 0.524. The second-order valence-corrected chi connectivity index (χ2v) is 5.92. The molecule has 0 spiro atoms. The fraction of sp³-hybridized carbons (Fsp3) is 0.600. The number of nitrogens with one attached hydrogen (secondary N) is 1. The zero-order valence-corrected chi connectivity index (χ0v) is 9.83. The summed E-state index contributed by atoms with van der Waals surface area (Å²) in [5, 5.41) is 8.89. The van der Waals surface area contributed by atoms with Crippen molar-refractivity contribution < 1.29 is 13.5 Å². The SMILES string of the molecule is O=S(=O)(c1c[nH]c(CO)c1)N1CCCCC1. The highest BCUT2D eigenvalue weighted by Crippen LogP contribution is 2.20. The van der Waals surface area contributed by atoms with Crippen molar-refractivity contribution in [2.75, 3.05) is 13.1 Å². The molecule has 0 bridgehead atoms. The average Bonchev–Trinajstić information content (AvgIpc) is 2.79. The van der Waals surface area contributed by atoms with Gasteiger partial charge in [0.25, 0.3) is 0 Å². The van der Waals surface area contributed by atoms with Gasteiger partial charge in [-0.2, -0.15) is 4.31 Å². The lowest BCUT2D eigenvalue weighted by molar-refractivity contribution is 0.277. The summed E-state index contributed by atoms with van der Waals surface area (Å²) in [7, 11) is -3.36. The van der Waals surface area contributed by atoms with Crippen LogP contribution in [0.3, 0.4) is 0 Å². The summed E-state index contributed by atoms with van der Waals surface area (Å²) in [6.07, 6.45) is 4.39. The van der Waals surface area contributed by atoms with E-state index < -0.39 is 10.0 Å². The van der Waals surface area contributed by atoms with Crippen molar-refractivity contribution in [2.45, 2.75) is 30.8 Å². The number of nitrogens with zero attached hydrogens (tertiary/aromatic N) is 1. The molecular formula is C10H16N2O3S. The molecule has 0 aliphatic carbocycles. The first-order valence-electron chi connectivity index (χ1n) is 5.43. The van der Waals surface area contributed by atoms with Gasteiger partial charge < -0.3 is 10.1 Å². The number of aliphatic hydroxyl groups is 1. The maximum absolute atomic E-state index is 12.1. The second kappa shape index (κ2) is 4.57. The van der Waals surface area contributed by atoms with E-state index in [-0.39, 0.29) is 11.5 Å². The van der Waals surface area contributed by atoms with Crippen LogP contribution in [0, 0.1) is 0 Å². The molecule has 0 amide bonds. The van der Waals surface area contributed by atoms with Crippen LogP contribution >= 0.6 is 0 Å². The molecule has 2 heterocycles. The van der Waals surface area contributed by atoms with Crippen LogP contribution in [0.25, 0.3) is 0 Å². The van der Waals surface area contributed by atoms with Crippen molar-refractivity contribution in [3.8, 4) is 0 Å². The number of aromatic amines is 1. The second-order valence-electron chi connectivity index (χ2n) is 3.98. The molecule has 0 atom stereocenters. The highest BCUT2D eigenvalue weighted by atomic mass is 32.2. The predicted octanol–water partition coefficient (Wildman–Crippen LogP) is 0.682. The number of hydrogen-bond acceptors (Lipinski definition) is 3. The van der Waals surface area contributed by atoms with Gasteiger partial charge in [-0.3, -0.25) is 0 Å². The zero-order valence-electron chi connectivity index (χ0n) is 9.02. The Morgan fingerprint density at radius 1 is 1.31 bits per heavy atom. The lowest BCUT2D eigenvalue weighted by Gasteiger charge is -2.25. The van der Waals surface area contributed by atoms with E-state index in [0.717, 1.165) is 19.3 Å². The molecular weight excluding hydrogens is 228 g/mol. The molecule has 1 aromatic heterocycles. The van der Waals surface area contributed by atoms with Gasteiger partial charge in [-0.25, -0.2) is 8.42 Å². The number of H-pyrrole nitrogens is 1. The van der Waals surface area contributed by atoms with Gasteiger partial charge in [0.1, 0.15) is 0 Å². The van der Waals surface area contributed by atoms with Crippen molar-refractivity contribution in [3.05, 3.63) is 18.0 Å². The van der Waals surface area contributed by atoms with Crippen LogP contribution in [0.1, 0.15) is 25.0 Å². The highest BCUT2D eigenvalue weighted by molar-refractivity contribution is 7.89. The maximum Gasteiger partial charge on any atom is 0.244 e. The highest BCUT2D eigenvalue weighted by Gasteiger charge is 2.26. The van der Waals surface area contributed by atoms with Crippen molar-refractivity contribution >= 4 is 10.0 Å². The quantitative estimate of drug-likeness (QED) is 0.821. The van der Waals surface area contributed by atoms with Crippen molar-refractivity contribution in [3.63, 3.8) is 0 Å². The third-order valence-corrected chi connectivity index (χ3v) is 4.72. The molecule has 16 heavy (non-hydrogen) atoms. The lowest BCUT2D eigenvalue weighted by atomic mass is 10.2. The largest absolute Gasteiger partial charge is 0.390 e. The number of hydrogen-bond donors (Lipinski definition) is 2. The standard InChI is InChI=1S/C10H16N2O3S/c13-8-9-6-10(7-11-9)16(14,15)12-4-2-1-3-5-12/h6-7,11,13H,1-5,8H2. The minimum absolute atomic E-state index is 0.171. The van der Waals surface area contributed by atoms with Gasteiger partial charge in [-0.05, 0) is 18.9 Å². The van der Waals surface area contributed by atoms with Crippen LogP contribution in [0.5, 0.6) is 0 Å². The summed E-state index contributed by atoms with van der Waals surface area (Å²) in [5.74, 6) is 0. The van der Waals surface area contributed by atoms with Crippen LogP contribution < -0.4 is 0 Å². The van der Waals surface area contributed by atoms with Gasteiger partial charge in [0.15, 0.2) is 0 Å². The maximum atomic E-state index is 12.1. The summed E-state index contributed by atoms with van der Waals surface area (Å²) >= 11 is 0. The topological polar surface area (TPSA) is 73.4 Å². The van der Waals surface area contributed by atoms with E-state index >= 15 is 0 Å². The molecule has 0 aromatic carbocycles. The van der Waals surface area contributed by atoms with Gasteiger partial charge in [-0.1, -0.05) is 6.42 Å². The van der Waals surface area contributed by atoms with Gasteiger partial charge in [0, 0.05) is 25.0 Å². The fourth-order valence-electron chi connectivity index (χ4n) is 1.91. The Morgan fingerprint density at radius 2 is 2.00 bits per heavy atom. The minimum Gasteiger partial charge on any atom is -0.390 e. The van der Waals surface area contributed by atoms with Crippen LogP contribution in [-0.2, 0) is 16.6 Å². The molecule has 1 aliphatic rings. The molecule has 1 fully saturated rings. The van der Waals surface area contributed by atoms with E-state index in [1.54, 1.807) is 0 Å². The Hall–Kier alpha value is -0.850. The summed E-state index contributed by atoms with van der Waals surface area (Å²) in [6, 6.07) is 1.49. The van der Waals surface area contributed by atoms with Crippen molar-refractivity contribution in [1.82, 2.24) is 9.29 Å². The molecule has 1 aliphatic heterocycles. The number of aliphatic hydroxyl groups excluding tert-OH is 1. The molecule has 0 saturated carbocycles. The third-order valence-electron chi connectivity index (χ3n) is 2.84. The smallest absolute Gasteiger partial charge is 0.244 e. The molecule has 2 rings (SSSR count). The normalized spacial score (nSPS) is 18.8. The summed E-state index contributed by atoms with van der Waals surface area (Å²) in [4.78, 5) is 2.99. The molecule has 2 N–H and O–H groups in total. The van der Waals surface area contributed by atoms with Crippen LogP contribution in [0.2, 0.25) is 0 Å². The van der Waals surface area contributed by atoms with E-state index in [2.05, 4.69) is 4.98 Å². The molecule has 0 radical (unpaired) electrons. The first-order valence-corrected chi connectivity index (χ1v) is 6.87. The minimum atomic E-state index is -3.36. The first-order chi connectivity index (χ1) is 7.64. The Bertz CT molecular complexity index is 446. The lowest BCUT2D eigenvalue weighted by Crippen LogP contribution is -2.35. The Morgan fingerprint density at radius 3 is 2.56 bits per heavy atom. The predicted molar refractivity (Wildman–Crippen MR) is 59.3 cm³/mol. The Kier molecular flexibility index (Phi) is 3.32. The van der Waals surface area contributed by atoms with Crippen LogP contribution in [-0.4, -0.2) is 35.9 Å². The monoisotopic (exact) mass is 244 g/mol. The Balaban J connectivity index is 2.23. The molecule has 90 valence electrons. The zero-order chi connectivity index (χ0) is 11.6. The molecule has 6 heteroatoms. The first kappa shape index (κ1) is 11.6.